The van der Waals surface area contributed by atoms with Gasteiger partial charge in [0.25, 0.3) is 0 Å². The van der Waals surface area contributed by atoms with Gasteiger partial charge < -0.3 is 0 Å². The maximum Gasteiger partial charge on any atom is 0.126 e. The molecule has 0 heterocycles. The second kappa shape index (κ2) is 8.55. The van der Waals surface area contributed by atoms with Gasteiger partial charge in [-0.1, -0.05) is 102 Å². The van der Waals surface area contributed by atoms with Crippen LogP contribution >= 0.6 is 0 Å². The highest BCUT2D eigenvalue weighted by atomic mass is 19.1. The Morgan fingerprint density at radius 3 is 1.03 bits per heavy atom. The second-order valence-electron chi connectivity index (χ2n) is 11.7. The van der Waals surface area contributed by atoms with Crippen LogP contribution in [0.15, 0.2) is 84.9 Å². The largest absolute Gasteiger partial charge is 0.207 e. The molecule has 0 N–H and O–H groups in total. The minimum absolute atomic E-state index is 0.183. The molecule has 0 aliphatic rings. The molecule has 5 aromatic rings. The Morgan fingerprint density at radius 1 is 0.444 bits per heavy atom. The Balaban J connectivity index is 1.91. The average molecular weight is 479 g/mol. The van der Waals surface area contributed by atoms with Crippen LogP contribution in [-0.4, -0.2) is 0 Å². The lowest BCUT2D eigenvalue weighted by atomic mass is 9.81. The molecule has 0 fully saturated rings. The third-order valence-electron chi connectivity index (χ3n) is 7.06. The van der Waals surface area contributed by atoms with Crippen molar-refractivity contribution in [3.8, 4) is 22.3 Å². The maximum absolute atomic E-state index is 14.8. The molecule has 0 nitrogen and oxygen atoms in total. The van der Waals surface area contributed by atoms with Crippen molar-refractivity contribution in [2.45, 2.75) is 52.4 Å². The summed E-state index contributed by atoms with van der Waals surface area (Å²) < 4.78 is 29.7. The Labute approximate surface area is 212 Å². The Morgan fingerprint density at radius 2 is 0.750 bits per heavy atom. The van der Waals surface area contributed by atoms with Crippen LogP contribution in [0, 0.1) is 11.6 Å². The number of hydrogen-bond donors (Lipinski definition) is 0. The summed E-state index contributed by atoms with van der Waals surface area (Å²) in [5.41, 5.74) is 4.94. The van der Waals surface area contributed by atoms with Gasteiger partial charge in [-0.3, -0.25) is 0 Å². The minimum Gasteiger partial charge on any atom is -0.207 e. The van der Waals surface area contributed by atoms with E-state index in [0.29, 0.717) is 11.1 Å². The van der Waals surface area contributed by atoms with Gasteiger partial charge in [-0.2, -0.15) is 0 Å². The van der Waals surface area contributed by atoms with E-state index in [0.717, 1.165) is 43.8 Å². The summed E-state index contributed by atoms with van der Waals surface area (Å²) in [4.78, 5) is 0. The minimum atomic E-state index is -0.316. The van der Waals surface area contributed by atoms with Crippen molar-refractivity contribution in [1.29, 1.82) is 0 Å². The molecule has 0 saturated carbocycles. The number of benzene rings is 5. The third kappa shape index (κ3) is 4.09. The van der Waals surface area contributed by atoms with Crippen LogP contribution in [0.3, 0.4) is 0 Å². The van der Waals surface area contributed by atoms with Gasteiger partial charge in [0.15, 0.2) is 0 Å². The van der Waals surface area contributed by atoms with Gasteiger partial charge in [0.05, 0.1) is 0 Å². The van der Waals surface area contributed by atoms with Crippen LogP contribution in [0.5, 0.6) is 0 Å². The van der Waals surface area contributed by atoms with Gasteiger partial charge >= 0.3 is 0 Å². The highest BCUT2D eigenvalue weighted by Gasteiger charge is 2.23. The highest BCUT2D eigenvalue weighted by Crippen LogP contribution is 2.45. The van der Waals surface area contributed by atoms with Crippen LogP contribution in [0.4, 0.5) is 8.78 Å². The molecule has 0 aliphatic carbocycles. The van der Waals surface area contributed by atoms with Crippen molar-refractivity contribution < 1.29 is 8.78 Å². The first kappa shape index (κ1) is 24.2. The van der Waals surface area contributed by atoms with E-state index in [9.17, 15) is 8.78 Å². The molecule has 0 unspecified atom stereocenters. The normalized spacial score (nSPS) is 12.4. The smallest absolute Gasteiger partial charge is 0.126 e. The first-order valence-electron chi connectivity index (χ1n) is 12.5. The molecule has 5 rings (SSSR count). The van der Waals surface area contributed by atoms with Gasteiger partial charge in [-0.15, -0.1) is 0 Å². The molecule has 0 saturated heterocycles. The molecule has 0 aliphatic heterocycles. The Kier molecular flexibility index (Phi) is 5.75. The van der Waals surface area contributed by atoms with E-state index < -0.39 is 0 Å². The molecule has 5 aromatic carbocycles. The SMILES string of the molecule is CC(C)(C)c1cc(-c2c3ccccc3c(-c3ccc(F)c(C(C)(C)C)c3)c3ccccc23)ccc1F. The van der Waals surface area contributed by atoms with Gasteiger partial charge in [0.1, 0.15) is 11.6 Å². The van der Waals surface area contributed by atoms with Crippen molar-refractivity contribution in [3.63, 3.8) is 0 Å². The second-order valence-corrected chi connectivity index (χ2v) is 11.7. The molecular weight excluding hydrogens is 446 g/mol. The van der Waals surface area contributed by atoms with E-state index in [1.807, 2.05) is 90.1 Å². The first-order valence-corrected chi connectivity index (χ1v) is 12.5. The summed E-state index contributed by atoms with van der Waals surface area (Å²) in [6.45, 7) is 12.2. The average Bonchev–Trinajstić information content (AvgIpc) is 2.82. The van der Waals surface area contributed by atoms with Crippen LogP contribution in [0.2, 0.25) is 0 Å². The third-order valence-corrected chi connectivity index (χ3v) is 7.06. The fourth-order valence-corrected chi connectivity index (χ4v) is 5.26. The molecule has 0 aromatic heterocycles. The predicted octanol–water partition coefficient (Wildman–Crippen LogP) is 10.2. The summed E-state index contributed by atoms with van der Waals surface area (Å²) in [6, 6.07) is 27.7. The molecule has 36 heavy (non-hydrogen) atoms. The van der Waals surface area contributed by atoms with Gasteiger partial charge in [0.2, 0.25) is 0 Å². The molecule has 0 bridgehead atoms. The number of fused-ring (bicyclic) bond motifs is 2. The summed E-state index contributed by atoms with van der Waals surface area (Å²) in [6.07, 6.45) is 0. The lowest BCUT2D eigenvalue weighted by Crippen LogP contribution is -2.13. The van der Waals surface area contributed by atoms with Crippen molar-refractivity contribution in [1.82, 2.24) is 0 Å². The fourth-order valence-electron chi connectivity index (χ4n) is 5.26. The van der Waals surface area contributed by atoms with Crippen LogP contribution < -0.4 is 0 Å². The van der Waals surface area contributed by atoms with Crippen molar-refractivity contribution >= 4 is 21.5 Å². The standard InChI is InChI=1S/C34H32F2/c1-33(2,3)27-19-21(15-17-29(27)35)31-23-11-7-9-13-25(23)32(26-14-10-8-12-24(26)31)22-16-18-30(36)28(20-22)34(4,5)6/h7-20H,1-6H3. The fraction of sp³-hybridized carbons (Fsp3) is 0.235. The molecule has 182 valence electrons. The number of halogens is 2. The summed E-state index contributed by atoms with van der Waals surface area (Å²) in [5, 5.41) is 4.39. The van der Waals surface area contributed by atoms with E-state index in [1.54, 1.807) is 12.1 Å². The van der Waals surface area contributed by atoms with E-state index in [-0.39, 0.29) is 22.5 Å². The van der Waals surface area contributed by atoms with Crippen molar-refractivity contribution in [3.05, 3.63) is 108 Å². The van der Waals surface area contributed by atoms with E-state index in [4.69, 9.17) is 0 Å². The summed E-state index contributed by atoms with van der Waals surface area (Å²) >= 11 is 0. The molecule has 0 radical (unpaired) electrons. The van der Waals surface area contributed by atoms with E-state index in [2.05, 4.69) is 24.3 Å². The van der Waals surface area contributed by atoms with E-state index in [1.165, 1.54) is 0 Å². The van der Waals surface area contributed by atoms with Gasteiger partial charge in [-0.25, -0.2) is 8.78 Å². The van der Waals surface area contributed by atoms with Crippen LogP contribution in [0.25, 0.3) is 43.8 Å². The topological polar surface area (TPSA) is 0 Å². The maximum atomic E-state index is 14.8. The first-order chi connectivity index (χ1) is 17.0. The summed E-state index contributed by atoms with van der Waals surface area (Å²) in [7, 11) is 0. The molecule has 0 spiro atoms. The lowest BCUT2D eigenvalue weighted by molar-refractivity contribution is 0.522. The van der Waals surface area contributed by atoms with Crippen LogP contribution in [-0.2, 0) is 10.8 Å². The zero-order valence-corrected chi connectivity index (χ0v) is 21.8. The monoisotopic (exact) mass is 478 g/mol. The zero-order valence-electron chi connectivity index (χ0n) is 21.8. The Bertz CT molecular complexity index is 1430. The molecule has 0 amide bonds. The zero-order chi connectivity index (χ0) is 25.8. The lowest BCUT2D eigenvalue weighted by Gasteiger charge is -2.23. The molecule has 2 heteroatoms. The van der Waals surface area contributed by atoms with Crippen molar-refractivity contribution in [2.24, 2.45) is 0 Å². The van der Waals surface area contributed by atoms with Gasteiger partial charge in [0, 0.05) is 0 Å². The quantitative estimate of drug-likeness (QED) is 0.221. The number of hydrogen-bond acceptors (Lipinski definition) is 0. The van der Waals surface area contributed by atoms with Gasteiger partial charge in [-0.05, 0) is 90.0 Å². The van der Waals surface area contributed by atoms with Crippen molar-refractivity contribution in [2.75, 3.05) is 0 Å². The number of rotatable bonds is 2. The predicted molar refractivity (Wildman–Crippen MR) is 150 cm³/mol. The molecular formula is C34H32F2. The highest BCUT2D eigenvalue weighted by molar-refractivity contribution is 6.21. The van der Waals surface area contributed by atoms with E-state index >= 15 is 0 Å². The Hall–Kier alpha value is -3.52. The molecule has 0 atom stereocenters. The summed E-state index contributed by atoms with van der Waals surface area (Å²) in [5.74, 6) is -0.366. The van der Waals surface area contributed by atoms with Crippen LogP contribution in [0.1, 0.15) is 52.7 Å².